The Balaban J connectivity index is 1.59. The minimum absolute atomic E-state index is 0.325. The molecule has 3 aromatic carbocycles. The van der Waals surface area contributed by atoms with Crippen LogP contribution in [-0.4, -0.2) is 17.9 Å². The topological polar surface area (TPSA) is 76.7 Å². The third-order valence-corrected chi connectivity index (χ3v) is 4.60. The maximum absolute atomic E-state index is 12.6. The Kier molecular flexibility index (Phi) is 7.65. The Bertz CT molecular complexity index is 1020. The van der Waals surface area contributed by atoms with Crippen LogP contribution in [0.2, 0.25) is 0 Å². The lowest BCUT2D eigenvalue weighted by Gasteiger charge is -2.18. The largest absolute Gasteiger partial charge is 0.488 e. The van der Waals surface area contributed by atoms with E-state index in [1.807, 2.05) is 62.4 Å². The van der Waals surface area contributed by atoms with Crippen molar-refractivity contribution in [1.29, 1.82) is 0 Å². The number of hydrogen-bond acceptors (Lipinski definition) is 4. The van der Waals surface area contributed by atoms with Crippen LogP contribution in [0.3, 0.4) is 0 Å². The molecule has 1 atom stereocenters. The molecule has 0 saturated heterocycles. The van der Waals surface area contributed by atoms with E-state index in [-0.39, 0.29) is 0 Å². The monoisotopic (exact) mass is 418 g/mol. The summed E-state index contributed by atoms with van der Waals surface area (Å²) in [5, 5.41) is 0. The third-order valence-electron chi connectivity index (χ3n) is 4.60. The molecular weight excluding hydrogens is 392 g/mol. The van der Waals surface area contributed by atoms with Crippen molar-refractivity contribution in [3.05, 3.63) is 95.6 Å². The number of aryl methyl sites for hydroxylation is 1. The molecule has 3 rings (SSSR count). The molecule has 2 amide bonds. The van der Waals surface area contributed by atoms with Gasteiger partial charge in [0.25, 0.3) is 11.8 Å². The fourth-order valence-corrected chi connectivity index (χ4v) is 2.96. The number of hydrogen-bond donors (Lipinski definition) is 2. The van der Waals surface area contributed by atoms with Gasteiger partial charge in [-0.25, -0.2) is 0 Å². The molecule has 0 aliphatic carbocycles. The molecule has 6 nitrogen and oxygen atoms in total. The number of para-hydroxylation sites is 1. The molecule has 0 saturated carbocycles. The first-order valence-electron chi connectivity index (χ1n) is 10.2. The number of carbonyl (C=O) groups is 2. The summed E-state index contributed by atoms with van der Waals surface area (Å²) in [5.41, 5.74) is 7.25. The number of amides is 2. The zero-order chi connectivity index (χ0) is 22.1. The minimum atomic E-state index is -0.730. The Hall–Kier alpha value is -3.80. The molecule has 0 aromatic heterocycles. The van der Waals surface area contributed by atoms with Gasteiger partial charge in [0.15, 0.2) is 6.10 Å². The van der Waals surface area contributed by atoms with E-state index in [1.165, 1.54) is 0 Å². The van der Waals surface area contributed by atoms with Crippen LogP contribution >= 0.6 is 0 Å². The van der Waals surface area contributed by atoms with E-state index < -0.39 is 17.9 Å². The molecule has 6 heteroatoms. The molecule has 0 spiro atoms. The highest BCUT2D eigenvalue weighted by Crippen LogP contribution is 2.19. The second-order valence-electron chi connectivity index (χ2n) is 7.05. The predicted molar refractivity (Wildman–Crippen MR) is 119 cm³/mol. The molecule has 0 radical (unpaired) electrons. The molecule has 0 heterocycles. The van der Waals surface area contributed by atoms with E-state index >= 15 is 0 Å². The Morgan fingerprint density at radius 2 is 1.65 bits per heavy atom. The van der Waals surface area contributed by atoms with Crippen LogP contribution in [0.1, 0.15) is 34.8 Å². The van der Waals surface area contributed by atoms with Crippen LogP contribution in [0.5, 0.6) is 11.5 Å². The van der Waals surface area contributed by atoms with Crippen molar-refractivity contribution >= 4 is 11.8 Å². The minimum Gasteiger partial charge on any atom is -0.488 e. The van der Waals surface area contributed by atoms with Gasteiger partial charge in [-0.3, -0.25) is 20.4 Å². The van der Waals surface area contributed by atoms with Crippen molar-refractivity contribution in [2.45, 2.75) is 33.0 Å². The highest BCUT2D eigenvalue weighted by atomic mass is 16.5. The molecule has 0 aliphatic rings. The molecule has 31 heavy (non-hydrogen) atoms. The van der Waals surface area contributed by atoms with Crippen LogP contribution in [-0.2, 0) is 11.4 Å². The Labute approximate surface area is 182 Å². The average Bonchev–Trinajstić information content (AvgIpc) is 2.80. The second kappa shape index (κ2) is 10.8. The normalized spacial score (nSPS) is 11.3. The molecule has 160 valence electrons. The van der Waals surface area contributed by atoms with Crippen LogP contribution < -0.4 is 20.3 Å². The molecule has 0 fully saturated rings. The van der Waals surface area contributed by atoms with Gasteiger partial charge >= 0.3 is 0 Å². The van der Waals surface area contributed by atoms with Crippen molar-refractivity contribution in [3.63, 3.8) is 0 Å². The van der Waals surface area contributed by atoms with Gasteiger partial charge in [0.2, 0.25) is 0 Å². The van der Waals surface area contributed by atoms with Crippen LogP contribution in [0.15, 0.2) is 78.9 Å². The van der Waals surface area contributed by atoms with E-state index in [4.69, 9.17) is 9.47 Å². The van der Waals surface area contributed by atoms with Crippen LogP contribution in [0, 0.1) is 6.92 Å². The lowest BCUT2D eigenvalue weighted by Crippen LogP contribution is -2.48. The Morgan fingerprint density at radius 1 is 0.903 bits per heavy atom. The number of nitrogens with one attached hydrogen (secondary N) is 2. The lowest BCUT2D eigenvalue weighted by molar-refractivity contribution is -0.128. The maximum atomic E-state index is 12.6. The third kappa shape index (κ3) is 6.34. The average molecular weight is 418 g/mol. The quantitative estimate of drug-likeness (QED) is 0.538. The van der Waals surface area contributed by atoms with Crippen LogP contribution in [0.4, 0.5) is 0 Å². The fourth-order valence-electron chi connectivity index (χ4n) is 2.96. The number of hydrazine groups is 1. The summed E-state index contributed by atoms with van der Waals surface area (Å²) in [6.07, 6.45) is -0.279. The number of carbonyl (C=O) groups excluding carboxylic acids is 2. The maximum Gasteiger partial charge on any atom is 0.279 e. The van der Waals surface area contributed by atoms with Gasteiger partial charge in [-0.05, 0) is 48.7 Å². The molecule has 0 unspecified atom stereocenters. The molecule has 0 bridgehead atoms. The first kappa shape index (κ1) is 21.9. The first-order chi connectivity index (χ1) is 15.1. The predicted octanol–water partition coefficient (Wildman–Crippen LogP) is 4.19. The highest BCUT2D eigenvalue weighted by Gasteiger charge is 2.20. The van der Waals surface area contributed by atoms with Gasteiger partial charge in [0.1, 0.15) is 18.1 Å². The number of benzene rings is 3. The van der Waals surface area contributed by atoms with E-state index in [2.05, 4.69) is 10.9 Å². The van der Waals surface area contributed by atoms with Gasteiger partial charge in [0.05, 0.1) is 5.56 Å². The van der Waals surface area contributed by atoms with Crippen molar-refractivity contribution < 1.29 is 19.1 Å². The van der Waals surface area contributed by atoms with Gasteiger partial charge in [-0.2, -0.15) is 0 Å². The van der Waals surface area contributed by atoms with Gasteiger partial charge in [0, 0.05) is 0 Å². The van der Waals surface area contributed by atoms with Crippen molar-refractivity contribution in [1.82, 2.24) is 10.9 Å². The zero-order valence-electron chi connectivity index (χ0n) is 17.6. The molecule has 3 aromatic rings. The summed E-state index contributed by atoms with van der Waals surface area (Å²) in [4.78, 5) is 25.2. The van der Waals surface area contributed by atoms with Crippen molar-refractivity contribution in [2.75, 3.05) is 0 Å². The second-order valence-corrected chi connectivity index (χ2v) is 7.05. The van der Waals surface area contributed by atoms with Crippen molar-refractivity contribution in [3.8, 4) is 11.5 Å². The summed E-state index contributed by atoms with van der Waals surface area (Å²) < 4.78 is 11.6. The summed E-state index contributed by atoms with van der Waals surface area (Å²) in [5.74, 6) is 0.136. The standard InChI is InChI=1S/C25H26N2O4/c1-3-22(31-20-13-9-10-18(2)16-20)25(29)27-26-24(28)21-14-7-8-15-23(21)30-17-19-11-5-4-6-12-19/h4-16,22H,3,17H2,1-2H3,(H,26,28)(H,27,29)/t22-/m1/s1. The number of rotatable bonds is 8. The molecule has 0 aliphatic heterocycles. The Morgan fingerprint density at radius 3 is 2.39 bits per heavy atom. The molecular formula is C25H26N2O4. The van der Waals surface area contributed by atoms with Crippen molar-refractivity contribution in [2.24, 2.45) is 0 Å². The summed E-state index contributed by atoms with van der Waals surface area (Å²) >= 11 is 0. The van der Waals surface area contributed by atoms with E-state index in [0.29, 0.717) is 30.1 Å². The van der Waals surface area contributed by atoms with E-state index in [1.54, 1.807) is 30.3 Å². The SMILES string of the molecule is CC[C@@H](Oc1cccc(C)c1)C(=O)NNC(=O)c1ccccc1OCc1ccccc1. The highest BCUT2D eigenvalue weighted by molar-refractivity contribution is 5.98. The first-order valence-corrected chi connectivity index (χ1v) is 10.2. The van der Waals surface area contributed by atoms with E-state index in [0.717, 1.165) is 11.1 Å². The summed E-state index contributed by atoms with van der Waals surface area (Å²) in [6.45, 7) is 4.12. The summed E-state index contributed by atoms with van der Waals surface area (Å²) in [7, 11) is 0. The smallest absolute Gasteiger partial charge is 0.279 e. The van der Waals surface area contributed by atoms with Crippen LogP contribution in [0.25, 0.3) is 0 Å². The van der Waals surface area contributed by atoms with Gasteiger partial charge in [-0.1, -0.05) is 61.5 Å². The molecule has 2 N–H and O–H groups in total. The van der Waals surface area contributed by atoms with Gasteiger partial charge < -0.3 is 9.47 Å². The summed E-state index contributed by atoms with van der Waals surface area (Å²) in [6, 6.07) is 24.0. The van der Waals surface area contributed by atoms with E-state index in [9.17, 15) is 9.59 Å². The zero-order valence-corrected chi connectivity index (χ0v) is 17.6. The number of ether oxygens (including phenoxy) is 2. The fraction of sp³-hybridized carbons (Fsp3) is 0.200. The lowest BCUT2D eigenvalue weighted by atomic mass is 10.2. The van der Waals surface area contributed by atoms with Gasteiger partial charge in [-0.15, -0.1) is 0 Å².